The van der Waals surface area contributed by atoms with Crippen LogP contribution in [0.25, 0.3) is 16.7 Å². The van der Waals surface area contributed by atoms with Gasteiger partial charge in [0.2, 0.25) is 5.95 Å². The lowest BCUT2D eigenvalue weighted by Gasteiger charge is -2.31. The lowest BCUT2D eigenvalue weighted by molar-refractivity contribution is -0.138. The van der Waals surface area contributed by atoms with E-state index in [1.807, 2.05) is 59.2 Å². The van der Waals surface area contributed by atoms with Crippen molar-refractivity contribution in [2.24, 2.45) is 0 Å². The fraction of sp³-hybridized carbons (Fsp3) is 0.120. The van der Waals surface area contributed by atoms with Gasteiger partial charge in [0.05, 0.1) is 35.0 Å². The maximum atomic E-state index is 13.7. The van der Waals surface area contributed by atoms with Gasteiger partial charge in [-0.1, -0.05) is 54.6 Å². The molecule has 0 amide bonds. The van der Waals surface area contributed by atoms with Crippen LogP contribution >= 0.6 is 0 Å². The van der Waals surface area contributed by atoms with E-state index >= 15 is 0 Å². The number of nitrogens with zero attached hydrogens (tertiary/aromatic N) is 2. The van der Waals surface area contributed by atoms with Gasteiger partial charge in [0.25, 0.3) is 0 Å². The molecule has 0 saturated heterocycles. The second-order valence-electron chi connectivity index (χ2n) is 7.25. The highest BCUT2D eigenvalue weighted by molar-refractivity contribution is 6.03. The Balaban J connectivity index is 1.83. The van der Waals surface area contributed by atoms with Gasteiger partial charge in [0.1, 0.15) is 5.82 Å². The standard InChI is InChI=1S/C25H20FN3O2/c1-2-31-24(30)21-22(16-8-4-3-5-9-16)28-25-27-19-10-6-7-11-20(19)29(25)23(21)17-12-14-18(26)15-13-17/h3-15,23H,2H2,1H3,(H,27,28)/t23-/m1/s1. The normalized spacial score (nSPS) is 15.5. The molecule has 0 bridgehead atoms. The van der Waals surface area contributed by atoms with Crippen molar-refractivity contribution in [3.8, 4) is 0 Å². The summed E-state index contributed by atoms with van der Waals surface area (Å²) in [5.41, 5.74) is 4.37. The first kappa shape index (κ1) is 19.1. The maximum absolute atomic E-state index is 13.7. The quantitative estimate of drug-likeness (QED) is 0.469. The van der Waals surface area contributed by atoms with Crippen LogP contribution < -0.4 is 5.32 Å². The molecule has 6 heteroatoms. The van der Waals surface area contributed by atoms with Gasteiger partial charge in [-0.25, -0.2) is 14.2 Å². The Labute approximate surface area is 178 Å². The van der Waals surface area contributed by atoms with Crippen molar-refractivity contribution in [1.29, 1.82) is 0 Å². The van der Waals surface area contributed by atoms with E-state index < -0.39 is 12.0 Å². The van der Waals surface area contributed by atoms with Gasteiger partial charge in [-0.15, -0.1) is 0 Å². The number of carbonyl (C=O) groups is 1. The molecular weight excluding hydrogens is 393 g/mol. The van der Waals surface area contributed by atoms with Crippen LogP contribution in [-0.2, 0) is 9.53 Å². The predicted molar refractivity (Wildman–Crippen MR) is 118 cm³/mol. The number of ether oxygens (including phenoxy) is 1. The zero-order chi connectivity index (χ0) is 21.4. The Bertz CT molecular complexity index is 1290. The minimum Gasteiger partial charge on any atom is -0.463 e. The Morgan fingerprint density at radius 2 is 1.74 bits per heavy atom. The Kier molecular flexibility index (Phi) is 4.75. The fourth-order valence-electron chi connectivity index (χ4n) is 4.05. The van der Waals surface area contributed by atoms with Crippen molar-refractivity contribution >= 4 is 28.6 Å². The third kappa shape index (κ3) is 3.26. The number of rotatable bonds is 4. The zero-order valence-electron chi connectivity index (χ0n) is 16.9. The van der Waals surface area contributed by atoms with E-state index in [1.54, 1.807) is 19.1 Å². The number of esters is 1. The molecule has 0 radical (unpaired) electrons. The third-order valence-electron chi connectivity index (χ3n) is 5.38. The summed E-state index contributed by atoms with van der Waals surface area (Å²) < 4.78 is 21.2. The lowest BCUT2D eigenvalue weighted by atomic mass is 9.92. The largest absolute Gasteiger partial charge is 0.463 e. The Hall–Kier alpha value is -3.93. The number of halogens is 1. The van der Waals surface area contributed by atoms with Crippen molar-refractivity contribution in [2.45, 2.75) is 13.0 Å². The van der Waals surface area contributed by atoms with E-state index in [1.165, 1.54) is 12.1 Å². The van der Waals surface area contributed by atoms with Crippen molar-refractivity contribution in [1.82, 2.24) is 9.55 Å². The summed E-state index contributed by atoms with van der Waals surface area (Å²) in [4.78, 5) is 18.0. The summed E-state index contributed by atoms with van der Waals surface area (Å²) >= 11 is 0. The summed E-state index contributed by atoms with van der Waals surface area (Å²) in [5, 5.41) is 3.36. The van der Waals surface area contributed by atoms with E-state index in [0.29, 0.717) is 17.2 Å². The molecule has 1 aliphatic rings. The molecule has 1 atom stereocenters. The number of carbonyl (C=O) groups excluding carboxylic acids is 1. The van der Waals surface area contributed by atoms with E-state index in [9.17, 15) is 9.18 Å². The molecule has 0 saturated carbocycles. The fourth-order valence-corrected chi connectivity index (χ4v) is 4.05. The zero-order valence-corrected chi connectivity index (χ0v) is 16.9. The molecule has 3 aromatic carbocycles. The minimum atomic E-state index is -0.529. The van der Waals surface area contributed by atoms with Crippen LogP contribution in [0.4, 0.5) is 10.3 Å². The monoisotopic (exact) mass is 413 g/mol. The van der Waals surface area contributed by atoms with Crippen LogP contribution in [0.1, 0.15) is 24.1 Å². The minimum absolute atomic E-state index is 0.248. The van der Waals surface area contributed by atoms with E-state index in [4.69, 9.17) is 9.72 Å². The van der Waals surface area contributed by atoms with Gasteiger partial charge < -0.3 is 10.1 Å². The molecule has 2 heterocycles. The Morgan fingerprint density at radius 3 is 2.48 bits per heavy atom. The number of nitrogens with one attached hydrogen (secondary N) is 1. The summed E-state index contributed by atoms with van der Waals surface area (Å²) in [6.07, 6.45) is 0. The topological polar surface area (TPSA) is 56.1 Å². The highest BCUT2D eigenvalue weighted by Gasteiger charge is 2.36. The molecule has 1 aromatic heterocycles. The summed E-state index contributed by atoms with van der Waals surface area (Å²) in [5.74, 6) is -0.146. The van der Waals surface area contributed by atoms with Gasteiger partial charge in [-0.05, 0) is 42.3 Å². The lowest BCUT2D eigenvalue weighted by Crippen LogP contribution is -2.29. The van der Waals surface area contributed by atoms with Crippen molar-refractivity contribution in [3.63, 3.8) is 0 Å². The number of benzene rings is 3. The smallest absolute Gasteiger partial charge is 0.338 e. The molecule has 4 aromatic rings. The van der Waals surface area contributed by atoms with E-state index in [2.05, 4.69) is 5.32 Å². The first-order chi connectivity index (χ1) is 15.2. The van der Waals surface area contributed by atoms with Crippen LogP contribution in [0.2, 0.25) is 0 Å². The second-order valence-corrected chi connectivity index (χ2v) is 7.25. The molecule has 31 heavy (non-hydrogen) atoms. The summed E-state index contributed by atoms with van der Waals surface area (Å²) in [6.45, 7) is 2.03. The van der Waals surface area contributed by atoms with Crippen LogP contribution in [0.3, 0.4) is 0 Å². The molecule has 0 fully saturated rings. The van der Waals surface area contributed by atoms with E-state index in [-0.39, 0.29) is 12.4 Å². The number of anilines is 1. The van der Waals surface area contributed by atoms with Crippen LogP contribution in [0.5, 0.6) is 0 Å². The number of para-hydroxylation sites is 2. The van der Waals surface area contributed by atoms with E-state index in [0.717, 1.165) is 22.2 Å². The van der Waals surface area contributed by atoms with Gasteiger partial charge in [-0.3, -0.25) is 4.57 Å². The first-order valence-corrected chi connectivity index (χ1v) is 10.1. The van der Waals surface area contributed by atoms with Gasteiger partial charge in [-0.2, -0.15) is 0 Å². The predicted octanol–water partition coefficient (Wildman–Crippen LogP) is 5.16. The number of hydrogen-bond acceptors (Lipinski definition) is 4. The Morgan fingerprint density at radius 1 is 1.03 bits per heavy atom. The average Bonchev–Trinajstić information content (AvgIpc) is 3.17. The van der Waals surface area contributed by atoms with Crippen LogP contribution in [0.15, 0.2) is 84.4 Å². The van der Waals surface area contributed by atoms with Crippen molar-refractivity contribution < 1.29 is 13.9 Å². The van der Waals surface area contributed by atoms with Crippen LogP contribution in [-0.4, -0.2) is 22.1 Å². The molecule has 1 aliphatic heterocycles. The maximum Gasteiger partial charge on any atom is 0.338 e. The van der Waals surface area contributed by atoms with Gasteiger partial charge in [0, 0.05) is 0 Å². The number of imidazole rings is 1. The van der Waals surface area contributed by atoms with Crippen LogP contribution in [0, 0.1) is 5.82 Å². The summed E-state index contributed by atoms with van der Waals surface area (Å²) in [6, 6.07) is 23.0. The molecule has 0 spiro atoms. The average molecular weight is 413 g/mol. The first-order valence-electron chi connectivity index (χ1n) is 10.1. The van der Waals surface area contributed by atoms with Gasteiger partial charge in [0.15, 0.2) is 0 Å². The van der Waals surface area contributed by atoms with Crippen molar-refractivity contribution in [3.05, 3.63) is 101 Å². The summed E-state index contributed by atoms with van der Waals surface area (Å²) in [7, 11) is 0. The number of hydrogen-bond donors (Lipinski definition) is 1. The highest BCUT2D eigenvalue weighted by Crippen LogP contribution is 2.42. The molecular formula is C25H20FN3O2. The van der Waals surface area contributed by atoms with Crippen molar-refractivity contribution in [2.75, 3.05) is 11.9 Å². The molecule has 1 N–H and O–H groups in total. The SMILES string of the molecule is CCOC(=O)C1=C(c2ccccc2)Nc2nc3ccccc3n2[C@@H]1c1ccc(F)cc1. The number of fused-ring (bicyclic) bond motifs is 3. The molecule has 0 unspecified atom stereocenters. The molecule has 0 aliphatic carbocycles. The molecule has 5 nitrogen and oxygen atoms in total. The highest BCUT2D eigenvalue weighted by atomic mass is 19.1. The molecule has 154 valence electrons. The second kappa shape index (κ2) is 7.72. The number of aromatic nitrogens is 2. The third-order valence-corrected chi connectivity index (χ3v) is 5.38. The van der Waals surface area contributed by atoms with Gasteiger partial charge >= 0.3 is 5.97 Å². The molecule has 5 rings (SSSR count).